The first kappa shape index (κ1) is 24.2. The predicted octanol–water partition coefficient (Wildman–Crippen LogP) is 4.99. The van der Waals surface area contributed by atoms with Gasteiger partial charge in [0.25, 0.3) is 5.91 Å². The van der Waals surface area contributed by atoms with E-state index in [1.807, 2.05) is 0 Å². The third-order valence-corrected chi connectivity index (χ3v) is 6.02. The lowest BCUT2D eigenvalue weighted by Crippen LogP contribution is -2.35. The van der Waals surface area contributed by atoms with Crippen LogP contribution in [0.3, 0.4) is 0 Å². The molecule has 0 saturated heterocycles. The largest absolute Gasteiger partial charge is 0.465 e. The quantitative estimate of drug-likeness (QED) is 0.650. The highest BCUT2D eigenvalue weighted by Crippen LogP contribution is 2.38. The van der Waals surface area contributed by atoms with Crippen LogP contribution in [0.2, 0.25) is 0 Å². The zero-order chi connectivity index (χ0) is 21.3. The van der Waals surface area contributed by atoms with Gasteiger partial charge in [0.15, 0.2) is 0 Å². The number of benzene rings is 1. The molecule has 1 N–H and O–H groups in total. The number of methoxy groups -OCH3 is 1. The average Bonchev–Trinajstić information content (AvgIpc) is 3.03. The number of carbonyl (C=O) groups excluding carboxylic acids is 2. The Morgan fingerprint density at radius 2 is 1.97 bits per heavy atom. The van der Waals surface area contributed by atoms with Crippen LogP contribution in [0.25, 0.3) is 0 Å². The Balaban J connectivity index is 0.00000320. The molecule has 0 saturated carbocycles. The highest BCUT2D eigenvalue weighted by atomic mass is 35.5. The minimum absolute atomic E-state index is 0. The minimum atomic E-state index is -4.55. The summed E-state index contributed by atoms with van der Waals surface area (Å²) in [6, 6.07) is 4.51. The van der Waals surface area contributed by atoms with Crippen molar-refractivity contribution in [1.82, 2.24) is 4.90 Å². The van der Waals surface area contributed by atoms with Crippen LogP contribution < -0.4 is 5.32 Å². The normalized spacial score (nSPS) is 14.1. The van der Waals surface area contributed by atoms with Crippen LogP contribution in [-0.4, -0.2) is 36.5 Å². The molecule has 3 rings (SSSR count). The Labute approximate surface area is 182 Å². The van der Waals surface area contributed by atoms with E-state index in [1.165, 1.54) is 30.6 Å². The van der Waals surface area contributed by atoms with Gasteiger partial charge in [-0.3, -0.25) is 9.69 Å². The maximum absolute atomic E-state index is 12.9. The summed E-state index contributed by atoms with van der Waals surface area (Å²) in [5.74, 6) is -1.28. The van der Waals surface area contributed by atoms with Crippen LogP contribution in [-0.2, 0) is 23.9 Å². The molecule has 0 fully saturated rings. The first-order chi connectivity index (χ1) is 13.6. The monoisotopic (exact) mass is 462 g/mol. The Kier molecular flexibility index (Phi) is 7.54. The van der Waals surface area contributed by atoms with Crippen LogP contribution in [0.15, 0.2) is 24.3 Å². The number of carbonyl (C=O) groups is 2. The van der Waals surface area contributed by atoms with Gasteiger partial charge in [0.2, 0.25) is 0 Å². The van der Waals surface area contributed by atoms with Crippen molar-refractivity contribution in [3.63, 3.8) is 0 Å². The second-order valence-electron chi connectivity index (χ2n) is 7.05. The number of halogens is 4. The van der Waals surface area contributed by atoms with Gasteiger partial charge < -0.3 is 10.1 Å². The predicted molar refractivity (Wildman–Crippen MR) is 112 cm³/mol. The minimum Gasteiger partial charge on any atom is -0.465 e. The SMILES string of the molecule is COC(=O)c1c(NC(=O)c2cccc(C(F)(F)F)c2)sc2c1CCN(C(C)C)C2.Cl. The smallest absolute Gasteiger partial charge is 0.416 e. The van der Waals surface area contributed by atoms with Crippen LogP contribution in [0, 0.1) is 0 Å². The van der Waals surface area contributed by atoms with E-state index in [0.29, 0.717) is 24.0 Å². The third-order valence-electron chi connectivity index (χ3n) is 4.89. The van der Waals surface area contributed by atoms with Gasteiger partial charge >= 0.3 is 12.1 Å². The number of ether oxygens (including phenoxy) is 1. The van der Waals surface area contributed by atoms with E-state index in [2.05, 4.69) is 24.1 Å². The summed E-state index contributed by atoms with van der Waals surface area (Å²) in [6.45, 7) is 5.57. The number of thiophene rings is 1. The fraction of sp³-hybridized carbons (Fsp3) is 0.400. The lowest BCUT2D eigenvalue weighted by atomic mass is 10.0. The van der Waals surface area contributed by atoms with Crippen LogP contribution in [0.4, 0.5) is 18.2 Å². The van der Waals surface area contributed by atoms with E-state index < -0.39 is 23.6 Å². The van der Waals surface area contributed by atoms with Gasteiger partial charge in [0, 0.05) is 29.6 Å². The molecule has 30 heavy (non-hydrogen) atoms. The Morgan fingerprint density at radius 3 is 2.57 bits per heavy atom. The molecule has 0 spiro atoms. The molecule has 0 aliphatic carbocycles. The fourth-order valence-electron chi connectivity index (χ4n) is 3.28. The molecule has 2 aromatic rings. The van der Waals surface area contributed by atoms with Crippen molar-refractivity contribution >= 4 is 40.6 Å². The Morgan fingerprint density at radius 1 is 1.27 bits per heavy atom. The molecule has 5 nitrogen and oxygen atoms in total. The molecule has 1 aliphatic heterocycles. The molecule has 10 heteroatoms. The molecule has 0 unspecified atom stereocenters. The summed E-state index contributed by atoms with van der Waals surface area (Å²) in [5.41, 5.74) is 0.0801. The van der Waals surface area contributed by atoms with Gasteiger partial charge in [-0.1, -0.05) is 6.07 Å². The number of hydrogen-bond donors (Lipinski definition) is 1. The number of fused-ring (bicyclic) bond motifs is 1. The number of anilines is 1. The van der Waals surface area contributed by atoms with Gasteiger partial charge in [-0.25, -0.2) is 4.79 Å². The van der Waals surface area contributed by atoms with Gasteiger partial charge in [-0.2, -0.15) is 13.2 Å². The molecule has 0 bridgehead atoms. The van der Waals surface area contributed by atoms with Gasteiger partial charge in [0.1, 0.15) is 5.00 Å². The van der Waals surface area contributed by atoms with Crippen molar-refractivity contribution in [3.8, 4) is 0 Å². The van der Waals surface area contributed by atoms with Crippen LogP contribution in [0.5, 0.6) is 0 Å². The van der Waals surface area contributed by atoms with Gasteiger partial charge in [0.05, 0.1) is 18.2 Å². The molecule has 1 aliphatic rings. The lowest BCUT2D eigenvalue weighted by Gasteiger charge is -2.30. The van der Waals surface area contributed by atoms with Crippen molar-refractivity contribution < 1.29 is 27.5 Å². The number of alkyl halides is 3. The molecule has 1 aromatic heterocycles. The number of hydrogen-bond acceptors (Lipinski definition) is 5. The van der Waals surface area contributed by atoms with Crippen molar-refractivity contribution in [3.05, 3.63) is 51.4 Å². The summed E-state index contributed by atoms with van der Waals surface area (Å²) in [5, 5.41) is 2.92. The van der Waals surface area contributed by atoms with Crippen molar-refractivity contribution in [2.75, 3.05) is 19.0 Å². The van der Waals surface area contributed by atoms with Gasteiger partial charge in [-0.15, -0.1) is 23.7 Å². The summed E-state index contributed by atoms with van der Waals surface area (Å²) in [7, 11) is 1.26. The summed E-state index contributed by atoms with van der Waals surface area (Å²) >= 11 is 1.26. The molecule has 164 valence electrons. The second-order valence-corrected chi connectivity index (χ2v) is 8.15. The standard InChI is InChI=1S/C20H21F3N2O3S.ClH/c1-11(2)25-8-7-14-15(10-25)29-18(16(14)19(27)28-3)24-17(26)12-5-4-6-13(9-12)20(21,22)23;/h4-6,9,11H,7-8,10H2,1-3H3,(H,24,26);1H. The van der Waals surface area contributed by atoms with Crippen LogP contribution in [0.1, 0.15) is 50.6 Å². The number of rotatable bonds is 4. The first-order valence-corrected chi connectivity index (χ1v) is 9.89. The molecule has 1 amide bonds. The zero-order valence-electron chi connectivity index (χ0n) is 16.6. The van der Waals surface area contributed by atoms with E-state index in [9.17, 15) is 22.8 Å². The molecular formula is C20H22ClF3N2O3S. The summed E-state index contributed by atoms with van der Waals surface area (Å²) in [6.07, 6.45) is -3.91. The van der Waals surface area contributed by atoms with E-state index in [4.69, 9.17) is 4.74 Å². The average molecular weight is 463 g/mol. The molecule has 0 atom stereocenters. The highest BCUT2D eigenvalue weighted by Gasteiger charge is 2.32. The van der Waals surface area contributed by atoms with E-state index in [-0.39, 0.29) is 23.5 Å². The molecule has 2 heterocycles. The lowest BCUT2D eigenvalue weighted by molar-refractivity contribution is -0.137. The number of amides is 1. The summed E-state index contributed by atoms with van der Waals surface area (Å²) in [4.78, 5) is 28.2. The molecular weight excluding hydrogens is 441 g/mol. The van der Waals surface area contributed by atoms with E-state index in [1.54, 1.807) is 0 Å². The van der Waals surface area contributed by atoms with Gasteiger partial charge in [-0.05, 0) is 44.0 Å². The van der Waals surface area contributed by atoms with E-state index in [0.717, 1.165) is 29.1 Å². The Bertz CT molecular complexity index is 944. The number of nitrogens with one attached hydrogen (secondary N) is 1. The highest BCUT2D eigenvalue weighted by molar-refractivity contribution is 7.17. The first-order valence-electron chi connectivity index (χ1n) is 9.07. The fourth-order valence-corrected chi connectivity index (χ4v) is 4.54. The van der Waals surface area contributed by atoms with Crippen molar-refractivity contribution in [1.29, 1.82) is 0 Å². The topological polar surface area (TPSA) is 58.6 Å². The second kappa shape index (κ2) is 9.36. The third kappa shape index (κ3) is 4.96. The maximum Gasteiger partial charge on any atom is 0.416 e. The number of nitrogens with zero attached hydrogens (tertiary/aromatic N) is 1. The zero-order valence-corrected chi connectivity index (χ0v) is 18.3. The summed E-state index contributed by atoms with van der Waals surface area (Å²) < 4.78 is 43.7. The van der Waals surface area contributed by atoms with E-state index >= 15 is 0 Å². The van der Waals surface area contributed by atoms with Crippen LogP contribution >= 0.6 is 23.7 Å². The number of esters is 1. The molecule has 1 aromatic carbocycles. The van der Waals surface area contributed by atoms with Crippen molar-refractivity contribution in [2.24, 2.45) is 0 Å². The molecule has 0 radical (unpaired) electrons. The Hall–Kier alpha value is -2.10. The van der Waals surface area contributed by atoms with Crippen molar-refractivity contribution in [2.45, 2.75) is 39.0 Å². The maximum atomic E-state index is 12.9.